The largest absolute Gasteiger partial charge is 0.352 e. The second-order valence-electron chi connectivity index (χ2n) is 6.61. The minimum atomic E-state index is -3.42. The van der Waals surface area contributed by atoms with Crippen LogP contribution in [0.5, 0.6) is 0 Å². The molecule has 1 saturated heterocycles. The van der Waals surface area contributed by atoms with E-state index in [9.17, 15) is 8.42 Å². The van der Waals surface area contributed by atoms with Gasteiger partial charge in [-0.1, -0.05) is 26.0 Å². The molecule has 0 radical (unpaired) electrons. The Morgan fingerprint density at radius 2 is 1.96 bits per heavy atom. The van der Waals surface area contributed by atoms with Gasteiger partial charge in [0, 0.05) is 26.7 Å². The van der Waals surface area contributed by atoms with Crippen molar-refractivity contribution in [2.24, 2.45) is 16.8 Å². The molecule has 2 unspecified atom stereocenters. The standard InChI is InChI=1S/C17H28N4O2S/c1-13-8-14(2)12-21(11-13)17(18-3)20-10-15-6-5-7-16(9-15)24(22,23)19-4/h5-7,9,13-14,19H,8,10-12H2,1-4H3,(H,18,20). The Morgan fingerprint density at radius 1 is 1.29 bits per heavy atom. The molecule has 134 valence electrons. The van der Waals surface area contributed by atoms with Crippen LogP contribution in [0.15, 0.2) is 34.2 Å². The van der Waals surface area contributed by atoms with Crippen molar-refractivity contribution in [2.75, 3.05) is 27.2 Å². The molecule has 2 rings (SSSR count). The van der Waals surface area contributed by atoms with Gasteiger partial charge >= 0.3 is 0 Å². The van der Waals surface area contributed by atoms with Crippen LogP contribution >= 0.6 is 0 Å². The number of piperidine rings is 1. The topological polar surface area (TPSA) is 73.8 Å². The zero-order chi connectivity index (χ0) is 17.7. The number of sulfonamides is 1. The summed E-state index contributed by atoms with van der Waals surface area (Å²) in [6.45, 7) is 7.07. The molecule has 1 fully saturated rings. The maximum Gasteiger partial charge on any atom is 0.240 e. The SMILES string of the molecule is CN=C(NCc1cccc(S(=O)(=O)NC)c1)N1CC(C)CC(C)C1. The van der Waals surface area contributed by atoms with E-state index in [1.165, 1.54) is 13.5 Å². The van der Waals surface area contributed by atoms with Crippen LogP contribution < -0.4 is 10.0 Å². The Hall–Kier alpha value is -1.60. The summed E-state index contributed by atoms with van der Waals surface area (Å²) < 4.78 is 26.1. The van der Waals surface area contributed by atoms with Crippen molar-refractivity contribution in [3.8, 4) is 0 Å². The molecule has 0 aliphatic carbocycles. The predicted octanol–water partition coefficient (Wildman–Crippen LogP) is 1.65. The first kappa shape index (κ1) is 18.7. The van der Waals surface area contributed by atoms with Gasteiger partial charge in [0.25, 0.3) is 0 Å². The highest BCUT2D eigenvalue weighted by Crippen LogP contribution is 2.21. The van der Waals surface area contributed by atoms with Gasteiger partial charge in [-0.2, -0.15) is 0 Å². The normalized spacial score (nSPS) is 22.5. The highest BCUT2D eigenvalue weighted by molar-refractivity contribution is 7.89. The van der Waals surface area contributed by atoms with E-state index in [1.54, 1.807) is 25.2 Å². The molecule has 1 aliphatic heterocycles. The number of hydrogen-bond acceptors (Lipinski definition) is 3. The molecule has 6 nitrogen and oxygen atoms in total. The van der Waals surface area contributed by atoms with Crippen LogP contribution in [0.1, 0.15) is 25.8 Å². The number of benzene rings is 1. The summed E-state index contributed by atoms with van der Waals surface area (Å²) in [5, 5.41) is 3.35. The van der Waals surface area contributed by atoms with E-state index in [4.69, 9.17) is 0 Å². The minimum absolute atomic E-state index is 0.277. The number of nitrogens with one attached hydrogen (secondary N) is 2. The van der Waals surface area contributed by atoms with Gasteiger partial charge in [0.15, 0.2) is 5.96 Å². The Morgan fingerprint density at radius 3 is 2.54 bits per heavy atom. The van der Waals surface area contributed by atoms with Crippen molar-refractivity contribution < 1.29 is 8.42 Å². The highest BCUT2D eigenvalue weighted by Gasteiger charge is 2.24. The lowest BCUT2D eigenvalue weighted by molar-refractivity contribution is 0.208. The number of rotatable bonds is 4. The lowest BCUT2D eigenvalue weighted by atomic mass is 9.92. The van der Waals surface area contributed by atoms with E-state index in [0.717, 1.165) is 24.6 Å². The first-order valence-electron chi connectivity index (χ1n) is 8.33. The fourth-order valence-corrected chi connectivity index (χ4v) is 4.09. The third-order valence-corrected chi connectivity index (χ3v) is 5.72. The molecular formula is C17H28N4O2S. The first-order chi connectivity index (χ1) is 11.4. The van der Waals surface area contributed by atoms with Crippen LogP contribution in [0, 0.1) is 11.8 Å². The van der Waals surface area contributed by atoms with Crippen molar-refractivity contribution in [3.63, 3.8) is 0 Å². The highest BCUT2D eigenvalue weighted by atomic mass is 32.2. The van der Waals surface area contributed by atoms with Gasteiger partial charge in [-0.3, -0.25) is 4.99 Å². The van der Waals surface area contributed by atoms with E-state index in [-0.39, 0.29) is 4.90 Å². The predicted molar refractivity (Wildman–Crippen MR) is 97.4 cm³/mol. The smallest absolute Gasteiger partial charge is 0.240 e. The zero-order valence-corrected chi connectivity index (χ0v) is 15.7. The van der Waals surface area contributed by atoms with Crippen LogP contribution in [0.25, 0.3) is 0 Å². The van der Waals surface area contributed by atoms with Gasteiger partial charge < -0.3 is 10.2 Å². The lowest BCUT2D eigenvalue weighted by Crippen LogP contribution is -2.48. The molecule has 0 saturated carbocycles. The Kier molecular flexibility index (Phi) is 6.23. The van der Waals surface area contributed by atoms with Gasteiger partial charge in [-0.05, 0) is 43.0 Å². The van der Waals surface area contributed by atoms with Crippen molar-refractivity contribution in [3.05, 3.63) is 29.8 Å². The van der Waals surface area contributed by atoms with E-state index < -0.39 is 10.0 Å². The molecule has 1 heterocycles. The average Bonchev–Trinajstić information content (AvgIpc) is 2.55. The Balaban J connectivity index is 2.05. The van der Waals surface area contributed by atoms with Crippen LogP contribution in [0.2, 0.25) is 0 Å². The first-order valence-corrected chi connectivity index (χ1v) is 9.82. The van der Waals surface area contributed by atoms with Crippen molar-refractivity contribution in [1.82, 2.24) is 14.9 Å². The van der Waals surface area contributed by atoms with Gasteiger partial charge in [-0.25, -0.2) is 13.1 Å². The van der Waals surface area contributed by atoms with Crippen molar-refractivity contribution >= 4 is 16.0 Å². The quantitative estimate of drug-likeness (QED) is 0.638. The summed E-state index contributed by atoms with van der Waals surface area (Å²) in [6.07, 6.45) is 1.25. The molecule has 24 heavy (non-hydrogen) atoms. The van der Waals surface area contributed by atoms with Crippen LogP contribution in [0.3, 0.4) is 0 Å². The number of aliphatic imine (C=N–C) groups is 1. The van der Waals surface area contributed by atoms with Gasteiger partial charge in [-0.15, -0.1) is 0 Å². The summed E-state index contributed by atoms with van der Waals surface area (Å²) in [5.41, 5.74) is 0.908. The number of guanidine groups is 1. The second kappa shape index (κ2) is 7.98. The fourth-order valence-electron chi connectivity index (χ4n) is 3.29. The monoisotopic (exact) mass is 352 g/mol. The molecule has 1 aromatic carbocycles. The average molecular weight is 353 g/mol. The Labute approximate surface area is 145 Å². The van der Waals surface area contributed by atoms with Crippen LogP contribution in [0.4, 0.5) is 0 Å². The van der Waals surface area contributed by atoms with E-state index >= 15 is 0 Å². The van der Waals surface area contributed by atoms with E-state index in [1.807, 2.05) is 6.07 Å². The summed E-state index contributed by atoms with van der Waals surface area (Å²) >= 11 is 0. The number of nitrogens with zero attached hydrogens (tertiary/aromatic N) is 2. The molecule has 1 aliphatic rings. The maximum absolute atomic E-state index is 11.9. The third-order valence-electron chi connectivity index (χ3n) is 4.31. The van der Waals surface area contributed by atoms with Crippen molar-refractivity contribution in [2.45, 2.75) is 31.7 Å². The van der Waals surface area contributed by atoms with Gasteiger partial charge in [0.05, 0.1) is 4.90 Å². The van der Waals surface area contributed by atoms with Crippen molar-refractivity contribution in [1.29, 1.82) is 0 Å². The second-order valence-corrected chi connectivity index (χ2v) is 8.49. The van der Waals surface area contributed by atoms with E-state index in [0.29, 0.717) is 18.4 Å². The molecule has 1 aromatic rings. The summed E-state index contributed by atoms with van der Waals surface area (Å²) in [7, 11) is -0.215. The Bertz CT molecular complexity index is 678. The van der Waals surface area contributed by atoms with Crippen LogP contribution in [-0.2, 0) is 16.6 Å². The minimum Gasteiger partial charge on any atom is -0.352 e. The summed E-state index contributed by atoms with van der Waals surface area (Å²) in [5.74, 6) is 2.17. The fraction of sp³-hybridized carbons (Fsp3) is 0.588. The molecule has 0 bridgehead atoms. The molecule has 2 atom stereocenters. The van der Waals surface area contributed by atoms with Crippen LogP contribution in [-0.4, -0.2) is 46.5 Å². The lowest BCUT2D eigenvalue weighted by Gasteiger charge is -2.37. The molecule has 0 aromatic heterocycles. The molecular weight excluding hydrogens is 324 g/mol. The molecule has 0 spiro atoms. The third kappa shape index (κ3) is 4.70. The summed E-state index contributed by atoms with van der Waals surface area (Å²) in [6, 6.07) is 6.96. The zero-order valence-electron chi connectivity index (χ0n) is 14.9. The summed E-state index contributed by atoms with van der Waals surface area (Å²) in [4.78, 5) is 6.95. The number of hydrogen-bond donors (Lipinski definition) is 2. The molecule has 2 N–H and O–H groups in total. The van der Waals surface area contributed by atoms with Gasteiger partial charge in [0.1, 0.15) is 0 Å². The maximum atomic E-state index is 11.9. The van der Waals surface area contributed by atoms with E-state index in [2.05, 4.69) is 33.8 Å². The molecule has 7 heteroatoms. The van der Waals surface area contributed by atoms with Gasteiger partial charge in [0.2, 0.25) is 10.0 Å². The number of likely N-dealkylation sites (tertiary alicyclic amines) is 1. The molecule has 0 amide bonds.